The van der Waals surface area contributed by atoms with Gasteiger partial charge in [-0.1, -0.05) is 12.8 Å². The van der Waals surface area contributed by atoms with E-state index in [9.17, 15) is 12.8 Å². The molecule has 1 aliphatic rings. The predicted octanol–water partition coefficient (Wildman–Crippen LogP) is 1.97. The lowest BCUT2D eigenvalue weighted by Crippen LogP contribution is -2.35. The molecule has 0 spiro atoms. The van der Waals surface area contributed by atoms with Gasteiger partial charge in [0.05, 0.1) is 10.6 Å². The average Bonchev–Trinajstić information content (AvgIpc) is 2.85. The van der Waals surface area contributed by atoms with Crippen LogP contribution in [-0.4, -0.2) is 25.8 Å². The van der Waals surface area contributed by atoms with Crippen LogP contribution < -0.4 is 5.73 Å². The van der Waals surface area contributed by atoms with Gasteiger partial charge in [-0.05, 0) is 31.0 Å². The van der Waals surface area contributed by atoms with E-state index < -0.39 is 15.8 Å². The minimum atomic E-state index is -3.62. The van der Waals surface area contributed by atoms with Crippen LogP contribution in [0.25, 0.3) is 0 Å². The maximum Gasteiger partial charge on any atom is 0.243 e. The zero-order valence-corrected chi connectivity index (χ0v) is 11.1. The van der Waals surface area contributed by atoms with Crippen LogP contribution in [0.2, 0.25) is 0 Å². The molecule has 0 radical (unpaired) electrons. The minimum Gasteiger partial charge on any atom is -0.396 e. The van der Waals surface area contributed by atoms with Gasteiger partial charge in [-0.3, -0.25) is 0 Å². The summed E-state index contributed by atoms with van der Waals surface area (Å²) in [5, 5.41) is 0. The van der Waals surface area contributed by atoms with Crippen molar-refractivity contribution in [1.29, 1.82) is 0 Å². The van der Waals surface area contributed by atoms with Gasteiger partial charge in [0.2, 0.25) is 10.0 Å². The van der Waals surface area contributed by atoms with Crippen LogP contribution in [0.5, 0.6) is 0 Å². The fraction of sp³-hybridized carbons (Fsp3) is 0.500. The van der Waals surface area contributed by atoms with E-state index in [1.807, 2.05) is 0 Å². The molecule has 0 heterocycles. The summed E-state index contributed by atoms with van der Waals surface area (Å²) < 4.78 is 39.3. The Morgan fingerprint density at radius 2 is 1.94 bits per heavy atom. The monoisotopic (exact) mass is 272 g/mol. The van der Waals surface area contributed by atoms with E-state index in [2.05, 4.69) is 0 Å². The SMILES string of the molecule is CN(C1CCCC1)S(=O)(=O)c1ccc(N)c(F)c1. The summed E-state index contributed by atoms with van der Waals surface area (Å²) in [5.41, 5.74) is 5.30. The highest BCUT2D eigenvalue weighted by molar-refractivity contribution is 7.89. The zero-order chi connectivity index (χ0) is 13.3. The standard InChI is InChI=1S/C12H17FN2O2S/c1-15(9-4-2-3-5-9)18(16,17)10-6-7-12(14)11(13)8-10/h6-9H,2-5,14H2,1H3. The number of benzene rings is 1. The molecule has 0 unspecified atom stereocenters. The summed E-state index contributed by atoms with van der Waals surface area (Å²) in [7, 11) is -2.07. The Morgan fingerprint density at radius 3 is 2.50 bits per heavy atom. The van der Waals surface area contributed by atoms with Crippen molar-refractivity contribution in [2.75, 3.05) is 12.8 Å². The van der Waals surface area contributed by atoms with Crippen LogP contribution in [0, 0.1) is 5.82 Å². The van der Waals surface area contributed by atoms with E-state index in [1.54, 1.807) is 7.05 Å². The minimum absolute atomic E-state index is 0.0237. The Hall–Kier alpha value is -1.14. The van der Waals surface area contributed by atoms with Gasteiger partial charge in [0.15, 0.2) is 0 Å². The van der Waals surface area contributed by atoms with Crippen LogP contribution in [0.4, 0.5) is 10.1 Å². The highest BCUT2D eigenvalue weighted by atomic mass is 32.2. The van der Waals surface area contributed by atoms with Gasteiger partial charge in [-0.2, -0.15) is 4.31 Å². The molecule has 100 valence electrons. The third-order valence-corrected chi connectivity index (χ3v) is 5.39. The fourth-order valence-corrected chi connectivity index (χ4v) is 3.73. The molecule has 1 saturated carbocycles. The second kappa shape index (κ2) is 4.85. The normalized spacial score (nSPS) is 17.5. The van der Waals surface area contributed by atoms with Crippen molar-refractivity contribution in [2.24, 2.45) is 0 Å². The molecule has 0 aliphatic heterocycles. The van der Waals surface area contributed by atoms with Gasteiger partial charge in [-0.25, -0.2) is 12.8 Å². The predicted molar refractivity (Wildman–Crippen MR) is 68.0 cm³/mol. The number of hydrogen-bond donors (Lipinski definition) is 1. The maximum atomic E-state index is 13.3. The Bertz CT molecular complexity index is 539. The first-order valence-electron chi connectivity index (χ1n) is 5.96. The molecule has 1 aromatic rings. The Labute approximate surface area is 107 Å². The molecule has 1 aromatic carbocycles. The molecule has 0 aromatic heterocycles. The average molecular weight is 272 g/mol. The number of nitrogens with zero attached hydrogens (tertiary/aromatic N) is 1. The van der Waals surface area contributed by atoms with E-state index in [4.69, 9.17) is 5.73 Å². The molecular formula is C12H17FN2O2S. The largest absolute Gasteiger partial charge is 0.396 e. The smallest absolute Gasteiger partial charge is 0.243 e. The van der Waals surface area contributed by atoms with Crippen LogP contribution in [-0.2, 0) is 10.0 Å². The molecule has 0 amide bonds. The van der Waals surface area contributed by atoms with Gasteiger partial charge < -0.3 is 5.73 Å². The lowest BCUT2D eigenvalue weighted by atomic mass is 10.3. The topological polar surface area (TPSA) is 63.4 Å². The zero-order valence-electron chi connectivity index (χ0n) is 10.3. The van der Waals surface area contributed by atoms with Crippen molar-refractivity contribution in [3.63, 3.8) is 0 Å². The summed E-state index contributed by atoms with van der Waals surface area (Å²) in [5.74, 6) is -0.698. The number of sulfonamides is 1. The molecule has 1 fully saturated rings. The first-order valence-corrected chi connectivity index (χ1v) is 7.40. The quantitative estimate of drug-likeness (QED) is 0.856. The molecule has 18 heavy (non-hydrogen) atoms. The van der Waals surface area contributed by atoms with Gasteiger partial charge in [-0.15, -0.1) is 0 Å². The summed E-state index contributed by atoms with van der Waals surface area (Å²) in [6, 6.07) is 3.63. The number of hydrogen-bond acceptors (Lipinski definition) is 3. The van der Waals surface area contributed by atoms with Gasteiger partial charge in [0, 0.05) is 13.1 Å². The van der Waals surface area contributed by atoms with Crippen molar-refractivity contribution in [1.82, 2.24) is 4.31 Å². The van der Waals surface area contributed by atoms with Crippen LogP contribution >= 0.6 is 0 Å². The third-order valence-electron chi connectivity index (χ3n) is 3.49. The highest BCUT2D eigenvalue weighted by Crippen LogP contribution is 2.28. The molecule has 2 rings (SSSR count). The summed E-state index contributed by atoms with van der Waals surface area (Å²) in [4.78, 5) is -0.0383. The van der Waals surface area contributed by atoms with E-state index in [0.717, 1.165) is 31.7 Å². The maximum absolute atomic E-state index is 13.3. The van der Waals surface area contributed by atoms with Gasteiger partial charge in [0.25, 0.3) is 0 Å². The first-order chi connectivity index (χ1) is 8.43. The lowest BCUT2D eigenvalue weighted by Gasteiger charge is -2.23. The lowest BCUT2D eigenvalue weighted by molar-refractivity contribution is 0.373. The number of halogens is 1. The Kier molecular flexibility index (Phi) is 3.59. The van der Waals surface area contributed by atoms with E-state index in [1.165, 1.54) is 16.4 Å². The van der Waals surface area contributed by atoms with E-state index >= 15 is 0 Å². The highest BCUT2D eigenvalue weighted by Gasteiger charge is 2.30. The molecule has 6 heteroatoms. The van der Waals surface area contributed by atoms with Crippen molar-refractivity contribution < 1.29 is 12.8 Å². The van der Waals surface area contributed by atoms with E-state index in [-0.39, 0.29) is 16.6 Å². The molecule has 0 saturated heterocycles. The Balaban J connectivity index is 2.32. The fourth-order valence-electron chi connectivity index (χ4n) is 2.30. The van der Waals surface area contributed by atoms with Crippen LogP contribution in [0.3, 0.4) is 0 Å². The van der Waals surface area contributed by atoms with Crippen molar-refractivity contribution in [2.45, 2.75) is 36.6 Å². The number of nitrogen functional groups attached to an aromatic ring is 1. The number of anilines is 1. The molecule has 2 N–H and O–H groups in total. The second-order valence-electron chi connectivity index (χ2n) is 4.64. The van der Waals surface area contributed by atoms with Gasteiger partial charge in [0.1, 0.15) is 5.82 Å². The summed E-state index contributed by atoms with van der Waals surface area (Å²) in [6.45, 7) is 0. The van der Waals surface area contributed by atoms with Crippen molar-refractivity contribution in [3.05, 3.63) is 24.0 Å². The number of nitrogens with two attached hydrogens (primary N) is 1. The van der Waals surface area contributed by atoms with Crippen LogP contribution in [0.1, 0.15) is 25.7 Å². The molecule has 0 bridgehead atoms. The van der Waals surface area contributed by atoms with Crippen molar-refractivity contribution >= 4 is 15.7 Å². The first kappa shape index (κ1) is 13.3. The van der Waals surface area contributed by atoms with Crippen LogP contribution in [0.15, 0.2) is 23.1 Å². The second-order valence-corrected chi connectivity index (χ2v) is 6.64. The van der Waals surface area contributed by atoms with Gasteiger partial charge >= 0.3 is 0 Å². The van der Waals surface area contributed by atoms with E-state index in [0.29, 0.717) is 0 Å². The molecular weight excluding hydrogens is 255 g/mol. The third kappa shape index (κ3) is 2.35. The Morgan fingerprint density at radius 1 is 1.33 bits per heavy atom. The molecule has 0 atom stereocenters. The summed E-state index contributed by atoms with van der Waals surface area (Å²) in [6.07, 6.45) is 3.82. The van der Waals surface area contributed by atoms with Crippen molar-refractivity contribution in [3.8, 4) is 0 Å². The molecule has 4 nitrogen and oxygen atoms in total. The number of rotatable bonds is 3. The molecule has 1 aliphatic carbocycles. The summed E-state index contributed by atoms with van der Waals surface area (Å²) >= 11 is 0.